The molecule has 1 atom stereocenters. The number of carbonyl (C=O) groups is 1. The van der Waals surface area contributed by atoms with Crippen molar-refractivity contribution in [1.82, 2.24) is 15.0 Å². The van der Waals surface area contributed by atoms with Gasteiger partial charge >= 0.3 is 19.2 Å². The highest BCUT2D eigenvalue weighted by Gasteiger charge is 2.50. The van der Waals surface area contributed by atoms with Gasteiger partial charge in [-0.2, -0.15) is 8.78 Å². The van der Waals surface area contributed by atoms with E-state index in [0.29, 0.717) is 17.5 Å². The number of hydrogen-bond donors (Lipinski definition) is 3. The van der Waals surface area contributed by atoms with Gasteiger partial charge in [0, 0.05) is 18.4 Å². The zero-order valence-corrected chi connectivity index (χ0v) is 25.1. The van der Waals surface area contributed by atoms with E-state index < -0.39 is 30.3 Å². The number of aromatic carboxylic acids is 1. The average Bonchev–Trinajstić information content (AvgIpc) is 3.50. The maximum atomic E-state index is 14.5. The number of aromatic nitrogens is 3. The fourth-order valence-corrected chi connectivity index (χ4v) is 6.27. The molecule has 46 heavy (non-hydrogen) atoms. The molecular weight excluding hydrogens is 611 g/mol. The number of nitrogens with zero attached hydrogens (tertiary/aromatic N) is 3. The first-order valence-corrected chi connectivity index (χ1v) is 15.9. The van der Waals surface area contributed by atoms with Crippen LogP contribution in [0.5, 0.6) is 0 Å². The van der Waals surface area contributed by atoms with Gasteiger partial charge < -0.3 is 14.9 Å². The molecule has 1 heterocycles. The van der Waals surface area contributed by atoms with Crippen LogP contribution in [0.15, 0.2) is 127 Å². The predicted octanol–water partition coefficient (Wildman–Crippen LogP) is 7.25. The van der Waals surface area contributed by atoms with Crippen LogP contribution in [-0.2, 0) is 28.6 Å². The van der Waals surface area contributed by atoms with E-state index in [4.69, 9.17) is 0 Å². The Morgan fingerprint density at radius 3 is 1.96 bits per heavy atom. The largest absolute Gasteiger partial charge is 0.478 e. The molecule has 11 heteroatoms. The van der Waals surface area contributed by atoms with E-state index in [9.17, 15) is 33.0 Å². The van der Waals surface area contributed by atoms with Crippen LogP contribution in [0.4, 0.5) is 8.78 Å². The number of carboxylic acids is 1. The van der Waals surface area contributed by atoms with E-state index in [-0.39, 0.29) is 12.0 Å². The molecule has 0 saturated carbocycles. The fraction of sp³-hybridized carbons (Fsp3) is 0.114. The van der Waals surface area contributed by atoms with Gasteiger partial charge in [-0.15, -0.1) is 5.10 Å². The van der Waals surface area contributed by atoms with Crippen LogP contribution in [0.1, 0.15) is 32.6 Å². The van der Waals surface area contributed by atoms with Crippen molar-refractivity contribution >= 4 is 24.6 Å². The molecule has 6 aromatic rings. The van der Waals surface area contributed by atoms with Gasteiger partial charge in [0.25, 0.3) is 0 Å². The fourth-order valence-electron chi connectivity index (χ4n) is 5.79. The second-order valence-corrected chi connectivity index (χ2v) is 12.8. The van der Waals surface area contributed by atoms with Crippen LogP contribution in [0.2, 0.25) is 0 Å². The Balaban J connectivity index is 1.47. The van der Waals surface area contributed by atoms with Gasteiger partial charge in [0.2, 0.25) is 0 Å². The third kappa shape index (κ3) is 5.86. The van der Waals surface area contributed by atoms with E-state index in [2.05, 4.69) is 10.3 Å². The number of alkyl halides is 2. The van der Waals surface area contributed by atoms with Crippen molar-refractivity contribution in [3.63, 3.8) is 0 Å². The number of halogens is 2. The molecule has 3 N–H and O–H groups in total. The summed E-state index contributed by atoms with van der Waals surface area (Å²) in [6.45, 7) is 0. The number of benzene rings is 5. The SMILES string of the molecule is O=C(O)c1cccc(-c2ccc(CC(Cc3ccc(C(F)(F)P(=O)(O)O)cc3)(c3ccccc3)n3nnc4ccccc43)cc2)c1. The zero-order valence-electron chi connectivity index (χ0n) is 24.2. The van der Waals surface area contributed by atoms with E-state index >= 15 is 0 Å². The Morgan fingerprint density at radius 1 is 0.717 bits per heavy atom. The second-order valence-electron chi connectivity index (χ2n) is 11.1. The Morgan fingerprint density at radius 2 is 1.33 bits per heavy atom. The minimum atomic E-state index is -5.73. The van der Waals surface area contributed by atoms with Crippen molar-refractivity contribution in [2.45, 2.75) is 24.0 Å². The number of fused-ring (bicyclic) bond motifs is 1. The molecule has 0 spiro atoms. The molecule has 0 aliphatic rings. The summed E-state index contributed by atoms with van der Waals surface area (Å²) < 4.78 is 42.3. The molecule has 0 bridgehead atoms. The summed E-state index contributed by atoms with van der Waals surface area (Å²) >= 11 is 0. The molecule has 0 aliphatic heterocycles. The molecule has 5 aromatic carbocycles. The van der Waals surface area contributed by atoms with E-state index in [1.54, 1.807) is 12.1 Å². The van der Waals surface area contributed by atoms with Gasteiger partial charge in [0.15, 0.2) is 0 Å². The van der Waals surface area contributed by atoms with E-state index in [1.165, 1.54) is 18.2 Å². The minimum Gasteiger partial charge on any atom is -0.478 e. The van der Waals surface area contributed by atoms with Crippen molar-refractivity contribution in [1.29, 1.82) is 0 Å². The summed E-state index contributed by atoms with van der Waals surface area (Å²) in [6, 6.07) is 36.6. The van der Waals surface area contributed by atoms with Gasteiger partial charge in [-0.25, -0.2) is 9.48 Å². The monoisotopic (exact) mass is 639 g/mol. The molecular formula is C35H28F2N3O5P. The molecule has 6 rings (SSSR count). The summed E-state index contributed by atoms with van der Waals surface area (Å²) in [7, 11) is -5.73. The maximum Gasteiger partial charge on any atom is 0.399 e. The van der Waals surface area contributed by atoms with Crippen LogP contribution in [0, 0.1) is 0 Å². The summed E-state index contributed by atoms with van der Waals surface area (Å²) in [6.07, 6.45) is 0.675. The second kappa shape index (κ2) is 12.1. The molecule has 1 unspecified atom stereocenters. The lowest BCUT2D eigenvalue weighted by Gasteiger charge is -2.36. The topological polar surface area (TPSA) is 126 Å². The highest BCUT2D eigenvalue weighted by atomic mass is 31.2. The zero-order chi connectivity index (χ0) is 32.5. The Bertz CT molecular complexity index is 2060. The third-order valence-corrected chi connectivity index (χ3v) is 9.12. The summed E-state index contributed by atoms with van der Waals surface area (Å²) in [5, 5.41) is 18.5. The molecule has 0 radical (unpaired) electrons. The molecule has 1 aromatic heterocycles. The standard InChI is InChI=1S/C35H28F2N3O5P/c36-35(37,46(43,44)45)30-19-15-25(16-20-30)23-34(29-9-2-1-3-10-29,40-32-12-5-4-11-31(32)38-39-40)22-24-13-17-26(18-14-24)27-7-6-8-28(21-27)33(41)42/h1-21H,22-23H2,(H,41,42)(H2,43,44,45). The predicted molar refractivity (Wildman–Crippen MR) is 170 cm³/mol. The summed E-state index contributed by atoms with van der Waals surface area (Å²) in [4.78, 5) is 30.0. The van der Waals surface area contributed by atoms with Gasteiger partial charge in [0.05, 0.1) is 16.6 Å². The smallest absolute Gasteiger partial charge is 0.399 e. The van der Waals surface area contributed by atoms with Crippen molar-refractivity contribution in [2.75, 3.05) is 0 Å². The molecule has 8 nitrogen and oxygen atoms in total. The highest BCUT2D eigenvalue weighted by Crippen LogP contribution is 2.59. The number of carboxylic acid groups (broad SMARTS) is 1. The Hall–Kier alpha value is -5.02. The van der Waals surface area contributed by atoms with E-state index in [1.807, 2.05) is 89.6 Å². The van der Waals surface area contributed by atoms with Crippen LogP contribution >= 0.6 is 7.60 Å². The van der Waals surface area contributed by atoms with Crippen molar-refractivity contribution in [3.05, 3.63) is 155 Å². The maximum absolute atomic E-state index is 14.5. The highest BCUT2D eigenvalue weighted by molar-refractivity contribution is 7.52. The first-order chi connectivity index (χ1) is 22.0. The molecule has 0 saturated heterocycles. The van der Waals surface area contributed by atoms with Gasteiger partial charge in [-0.05, 0) is 52.1 Å². The van der Waals surface area contributed by atoms with Crippen LogP contribution in [0.25, 0.3) is 22.2 Å². The van der Waals surface area contributed by atoms with Crippen LogP contribution in [0.3, 0.4) is 0 Å². The van der Waals surface area contributed by atoms with Crippen molar-refractivity contribution in [2.24, 2.45) is 0 Å². The Labute approximate surface area is 262 Å². The normalized spacial score (nSPS) is 13.4. The lowest BCUT2D eigenvalue weighted by Crippen LogP contribution is -2.40. The Kier molecular flexibility index (Phi) is 8.12. The first kappa shape index (κ1) is 31.0. The molecule has 232 valence electrons. The third-order valence-electron chi connectivity index (χ3n) is 8.13. The summed E-state index contributed by atoms with van der Waals surface area (Å²) in [5.41, 5.74) is -0.358. The van der Waals surface area contributed by atoms with Crippen LogP contribution < -0.4 is 0 Å². The average molecular weight is 640 g/mol. The number of para-hydroxylation sites is 1. The number of hydrogen-bond acceptors (Lipinski definition) is 4. The number of rotatable bonds is 10. The van der Waals surface area contributed by atoms with Crippen molar-refractivity contribution < 1.29 is 33.0 Å². The van der Waals surface area contributed by atoms with E-state index in [0.717, 1.165) is 39.9 Å². The van der Waals surface area contributed by atoms with Crippen LogP contribution in [-0.4, -0.2) is 35.9 Å². The molecule has 0 aliphatic carbocycles. The minimum absolute atomic E-state index is 0.187. The van der Waals surface area contributed by atoms with Crippen molar-refractivity contribution in [3.8, 4) is 11.1 Å². The van der Waals surface area contributed by atoms with Gasteiger partial charge in [-0.1, -0.05) is 108 Å². The lowest BCUT2D eigenvalue weighted by molar-refractivity contribution is 0.0564. The molecule has 0 fully saturated rings. The molecule has 0 amide bonds. The quantitative estimate of drug-likeness (QED) is 0.135. The summed E-state index contributed by atoms with van der Waals surface area (Å²) in [5.74, 6) is -1.01. The lowest BCUT2D eigenvalue weighted by atomic mass is 9.78. The van der Waals surface area contributed by atoms with Gasteiger partial charge in [0.1, 0.15) is 5.52 Å². The first-order valence-electron chi connectivity index (χ1n) is 14.3. The van der Waals surface area contributed by atoms with Gasteiger partial charge in [-0.3, -0.25) is 4.57 Å².